The summed E-state index contributed by atoms with van der Waals surface area (Å²) in [7, 11) is 0. The van der Waals surface area contributed by atoms with E-state index in [1.54, 1.807) is 25.4 Å². The number of carbonyl (C=O) groups excluding carboxylic acids is 3. The van der Waals surface area contributed by atoms with Crippen LogP contribution in [0.4, 0.5) is 10.2 Å². The van der Waals surface area contributed by atoms with Crippen molar-refractivity contribution in [1.82, 2.24) is 19.6 Å². The number of benzene rings is 2. The zero-order valence-electron chi connectivity index (χ0n) is 24.2. The van der Waals surface area contributed by atoms with Gasteiger partial charge in [-0.1, -0.05) is 50.6 Å². The summed E-state index contributed by atoms with van der Waals surface area (Å²) in [6.45, 7) is 11.4. The minimum atomic E-state index is -0.405. The topological polar surface area (TPSA) is 78.8 Å². The molecule has 0 bridgehead atoms. The van der Waals surface area contributed by atoms with Gasteiger partial charge < -0.3 is 9.80 Å². The van der Waals surface area contributed by atoms with Gasteiger partial charge in [-0.25, -0.2) is 9.07 Å². The van der Waals surface area contributed by atoms with Crippen molar-refractivity contribution in [2.75, 3.05) is 43.4 Å². The molecule has 5 rings (SSSR count). The van der Waals surface area contributed by atoms with E-state index in [-0.39, 0.29) is 41.1 Å². The van der Waals surface area contributed by atoms with E-state index in [0.29, 0.717) is 32.0 Å². The number of nitrogens with zero attached hydrogens (tertiary/aromatic N) is 5. The Kier molecular flexibility index (Phi) is 7.96. The van der Waals surface area contributed by atoms with Crippen LogP contribution in [0, 0.1) is 12.7 Å². The summed E-state index contributed by atoms with van der Waals surface area (Å²) in [5.74, 6) is -0.0885. The van der Waals surface area contributed by atoms with Crippen LogP contribution < -0.4 is 4.90 Å². The predicted molar refractivity (Wildman–Crippen MR) is 159 cm³/mol. The van der Waals surface area contributed by atoms with Crippen LogP contribution in [0.1, 0.15) is 55.3 Å². The third-order valence-electron chi connectivity index (χ3n) is 7.60. The van der Waals surface area contributed by atoms with Crippen molar-refractivity contribution < 1.29 is 18.8 Å². The highest BCUT2D eigenvalue weighted by Crippen LogP contribution is 2.48. The first-order valence-corrected chi connectivity index (χ1v) is 14.9. The molecular formula is C31H36FN5O3S. The van der Waals surface area contributed by atoms with Gasteiger partial charge in [0.1, 0.15) is 18.2 Å². The summed E-state index contributed by atoms with van der Waals surface area (Å²) < 4.78 is 16.2. The number of aryl methyl sites for hydroxylation is 1. The number of thioether (sulfide) groups is 1. The molecule has 0 radical (unpaired) electrons. The molecule has 2 aliphatic heterocycles. The molecule has 10 heteroatoms. The fourth-order valence-corrected chi connectivity index (χ4v) is 6.57. The van der Waals surface area contributed by atoms with E-state index >= 15 is 0 Å². The summed E-state index contributed by atoms with van der Waals surface area (Å²) in [4.78, 5) is 44.3. The molecule has 0 unspecified atom stereocenters. The molecule has 8 nitrogen and oxygen atoms in total. The number of aromatic nitrogens is 2. The molecule has 0 aliphatic carbocycles. The van der Waals surface area contributed by atoms with E-state index < -0.39 is 5.41 Å². The monoisotopic (exact) mass is 577 g/mol. The molecule has 1 fully saturated rings. The van der Waals surface area contributed by atoms with Crippen LogP contribution >= 0.6 is 11.8 Å². The van der Waals surface area contributed by atoms with Gasteiger partial charge in [0.05, 0.1) is 22.4 Å². The predicted octanol–water partition coefficient (Wildman–Crippen LogP) is 4.48. The molecule has 1 saturated heterocycles. The van der Waals surface area contributed by atoms with Gasteiger partial charge in [0, 0.05) is 44.1 Å². The lowest BCUT2D eigenvalue weighted by molar-refractivity contribution is -0.137. The summed E-state index contributed by atoms with van der Waals surface area (Å²) >= 11 is 1.43. The average molecular weight is 578 g/mol. The Bertz CT molecular complexity index is 1470. The fourth-order valence-electron chi connectivity index (χ4n) is 5.38. The second-order valence-electron chi connectivity index (χ2n) is 11.7. The Balaban J connectivity index is 1.65. The zero-order valence-corrected chi connectivity index (χ0v) is 25.0. The third kappa shape index (κ3) is 5.88. The molecule has 216 valence electrons. The van der Waals surface area contributed by atoms with Crippen molar-refractivity contribution in [2.24, 2.45) is 0 Å². The van der Waals surface area contributed by atoms with Crippen LogP contribution in [0.5, 0.6) is 0 Å². The smallest absolute Gasteiger partial charge is 0.242 e. The summed E-state index contributed by atoms with van der Waals surface area (Å²) in [5.41, 5.74) is 3.80. The number of carbonyl (C=O) groups is 3. The number of rotatable bonds is 4. The number of piperazine rings is 1. The van der Waals surface area contributed by atoms with Crippen molar-refractivity contribution in [3.05, 3.63) is 76.7 Å². The van der Waals surface area contributed by atoms with Crippen LogP contribution in [0.3, 0.4) is 0 Å². The van der Waals surface area contributed by atoms with Gasteiger partial charge in [-0.15, -0.1) is 11.8 Å². The molecule has 2 aromatic carbocycles. The molecule has 0 saturated carbocycles. The van der Waals surface area contributed by atoms with Crippen LogP contribution in [-0.2, 0) is 19.8 Å². The maximum Gasteiger partial charge on any atom is 0.242 e. The molecule has 3 heterocycles. The second kappa shape index (κ2) is 11.3. The second-order valence-corrected chi connectivity index (χ2v) is 12.8. The van der Waals surface area contributed by atoms with Crippen LogP contribution in [0.25, 0.3) is 5.69 Å². The van der Waals surface area contributed by atoms with Crippen molar-refractivity contribution in [3.8, 4) is 5.69 Å². The third-order valence-corrected chi connectivity index (χ3v) is 8.86. The van der Waals surface area contributed by atoms with Gasteiger partial charge in [0.25, 0.3) is 0 Å². The SMILES string of the molecule is CC(=O)N1CCN(C(=O)CN2C(=O)CS[C@@H](c3cccc(F)c3)c3c(C(C)(C)C)nn(-c4ccc(C)cc4)c32)CC1. The summed E-state index contributed by atoms with van der Waals surface area (Å²) in [5, 5.41) is 4.72. The van der Waals surface area contributed by atoms with E-state index in [9.17, 15) is 18.8 Å². The molecule has 0 spiro atoms. The van der Waals surface area contributed by atoms with Crippen LogP contribution in [0.2, 0.25) is 0 Å². The molecule has 0 N–H and O–H groups in total. The van der Waals surface area contributed by atoms with Crippen molar-refractivity contribution in [2.45, 2.75) is 45.3 Å². The van der Waals surface area contributed by atoms with E-state index in [1.165, 1.54) is 30.8 Å². The van der Waals surface area contributed by atoms with Gasteiger partial charge in [-0.3, -0.25) is 19.3 Å². The van der Waals surface area contributed by atoms with Crippen molar-refractivity contribution in [1.29, 1.82) is 0 Å². The van der Waals surface area contributed by atoms with E-state index in [4.69, 9.17) is 5.10 Å². The van der Waals surface area contributed by atoms with E-state index in [0.717, 1.165) is 28.1 Å². The lowest BCUT2D eigenvalue weighted by atomic mass is 9.87. The quantitative estimate of drug-likeness (QED) is 0.457. The minimum Gasteiger partial charge on any atom is -0.339 e. The molecule has 41 heavy (non-hydrogen) atoms. The maximum absolute atomic E-state index is 14.5. The Morgan fingerprint density at radius 3 is 2.29 bits per heavy atom. The molecule has 1 atom stereocenters. The van der Waals surface area contributed by atoms with Gasteiger partial charge >= 0.3 is 0 Å². The Morgan fingerprint density at radius 2 is 1.68 bits per heavy atom. The highest BCUT2D eigenvalue weighted by molar-refractivity contribution is 8.00. The first-order valence-electron chi connectivity index (χ1n) is 13.8. The van der Waals surface area contributed by atoms with Gasteiger partial charge in [0.15, 0.2) is 0 Å². The average Bonchev–Trinajstić information content (AvgIpc) is 3.26. The standard InChI is InChI=1S/C31H36FN5O3S/c1-20-9-11-24(12-10-20)37-30-27(29(33-37)31(3,4)5)28(22-7-6-8-23(32)17-22)41-19-26(40)36(30)18-25(39)35-15-13-34(14-16-35)21(2)38/h6-12,17,28H,13-16,18-19H2,1-5H3/t28-/m0/s1. The zero-order chi connectivity index (χ0) is 29.5. The Morgan fingerprint density at radius 1 is 1.02 bits per heavy atom. The molecule has 3 aromatic rings. The number of anilines is 1. The van der Waals surface area contributed by atoms with Crippen molar-refractivity contribution in [3.63, 3.8) is 0 Å². The number of hydrogen-bond acceptors (Lipinski definition) is 5. The normalized spacial score (nSPS) is 17.9. The van der Waals surface area contributed by atoms with Gasteiger partial charge in [-0.2, -0.15) is 5.10 Å². The lowest BCUT2D eigenvalue weighted by Gasteiger charge is -2.35. The summed E-state index contributed by atoms with van der Waals surface area (Å²) in [6, 6.07) is 14.4. The number of halogens is 1. The number of fused-ring (bicyclic) bond motifs is 1. The van der Waals surface area contributed by atoms with Crippen molar-refractivity contribution >= 4 is 35.3 Å². The van der Waals surface area contributed by atoms with Crippen LogP contribution in [0.15, 0.2) is 48.5 Å². The van der Waals surface area contributed by atoms with Gasteiger partial charge in [-0.05, 0) is 36.8 Å². The van der Waals surface area contributed by atoms with E-state index in [1.807, 2.05) is 37.3 Å². The molecule has 2 aliphatic rings. The van der Waals surface area contributed by atoms with E-state index in [2.05, 4.69) is 20.8 Å². The highest BCUT2D eigenvalue weighted by atomic mass is 32.2. The number of amides is 3. The summed E-state index contributed by atoms with van der Waals surface area (Å²) in [6.07, 6.45) is 0. The first kappa shape index (κ1) is 28.9. The largest absolute Gasteiger partial charge is 0.339 e. The lowest BCUT2D eigenvalue weighted by Crippen LogP contribution is -2.53. The Labute approximate surface area is 244 Å². The highest BCUT2D eigenvalue weighted by Gasteiger charge is 2.40. The number of hydrogen-bond donors (Lipinski definition) is 0. The maximum atomic E-state index is 14.5. The Hall–Kier alpha value is -3.66. The first-order chi connectivity index (χ1) is 19.4. The van der Waals surface area contributed by atoms with Gasteiger partial charge in [0.2, 0.25) is 17.7 Å². The molecule has 1 aromatic heterocycles. The minimum absolute atomic E-state index is 0.0124. The van der Waals surface area contributed by atoms with Crippen LogP contribution in [-0.4, -0.2) is 75.8 Å². The molecule has 3 amide bonds. The fraction of sp³-hybridized carbons (Fsp3) is 0.419. The molecular weight excluding hydrogens is 541 g/mol.